The highest BCUT2D eigenvalue weighted by molar-refractivity contribution is 7.90. The summed E-state index contributed by atoms with van der Waals surface area (Å²) in [7, 11) is -2.90. The Balaban J connectivity index is 2.49. The Morgan fingerprint density at radius 2 is 2.13 bits per heavy atom. The smallest absolute Gasteiger partial charge is 0.148 e. The van der Waals surface area contributed by atoms with Crippen molar-refractivity contribution in [2.75, 3.05) is 12.0 Å². The summed E-state index contributed by atoms with van der Waals surface area (Å²) >= 11 is 1.65. The van der Waals surface area contributed by atoms with Crippen LogP contribution in [0.15, 0.2) is 16.8 Å². The van der Waals surface area contributed by atoms with Gasteiger partial charge in [0.05, 0.1) is 5.75 Å². The second-order valence-corrected chi connectivity index (χ2v) is 6.90. The zero-order chi connectivity index (χ0) is 11.5. The lowest BCUT2D eigenvalue weighted by Crippen LogP contribution is -2.34. The molecular formula is C10H17NO2S2. The van der Waals surface area contributed by atoms with Crippen molar-refractivity contribution < 1.29 is 8.42 Å². The van der Waals surface area contributed by atoms with Gasteiger partial charge in [0.2, 0.25) is 0 Å². The van der Waals surface area contributed by atoms with Gasteiger partial charge in [0, 0.05) is 18.3 Å². The number of hydrogen-bond acceptors (Lipinski definition) is 4. The molecule has 0 fully saturated rings. The first-order chi connectivity index (χ1) is 6.88. The van der Waals surface area contributed by atoms with Crippen LogP contribution in [0, 0.1) is 0 Å². The van der Waals surface area contributed by atoms with Crippen molar-refractivity contribution in [2.24, 2.45) is 0 Å². The molecule has 1 rings (SSSR count). The molecule has 0 aromatic carbocycles. The van der Waals surface area contributed by atoms with Crippen LogP contribution in [0.3, 0.4) is 0 Å². The van der Waals surface area contributed by atoms with E-state index in [1.807, 2.05) is 19.2 Å². The fourth-order valence-electron chi connectivity index (χ4n) is 1.55. The van der Waals surface area contributed by atoms with Gasteiger partial charge in [-0.15, -0.1) is 0 Å². The van der Waals surface area contributed by atoms with Crippen LogP contribution in [0.2, 0.25) is 0 Å². The highest BCUT2D eigenvalue weighted by Gasteiger charge is 2.13. The van der Waals surface area contributed by atoms with Gasteiger partial charge in [-0.1, -0.05) is 0 Å². The van der Waals surface area contributed by atoms with Crippen molar-refractivity contribution in [2.45, 2.75) is 25.9 Å². The quantitative estimate of drug-likeness (QED) is 0.863. The summed E-state index contributed by atoms with van der Waals surface area (Å²) in [4.78, 5) is 0. The van der Waals surface area contributed by atoms with Gasteiger partial charge >= 0.3 is 0 Å². The van der Waals surface area contributed by atoms with E-state index in [0.717, 1.165) is 0 Å². The molecule has 0 radical (unpaired) electrons. The van der Waals surface area contributed by atoms with Crippen LogP contribution in [0.4, 0.5) is 0 Å². The summed E-state index contributed by atoms with van der Waals surface area (Å²) < 4.78 is 22.1. The van der Waals surface area contributed by atoms with Crippen molar-refractivity contribution >= 4 is 21.2 Å². The van der Waals surface area contributed by atoms with Gasteiger partial charge in [-0.2, -0.15) is 11.3 Å². The number of rotatable bonds is 5. The minimum atomic E-state index is -2.90. The molecule has 0 amide bonds. The van der Waals surface area contributed by atoms with Crippen LogP contribution in [0.1, 0.15) is 25.5 Å². The van der Waals surface area contributed by atoms with Gasteiger partial charge in [0.25, 0.3) is 0 Å². The third-order valence-electron chi connectivity index (χ3n) is 2.13. The summed E-state index contributed by atoms with van der Waals surface area (Å²) in [5.74, 6) is 0.182. The Morgan fingerprint density at radius 3 is 2.60 bits per heavy atom. The van der Waals surface area contributed by atoms with E-state index in [-0.39, 0.29) is 17.8 Å². The fourth-order valence-corrected chi connectivity index (χ4v) is 3.31. The molecule has 0 bridgehead atoms. The van der Waals surface area contributed by atoms with E-state index in [1.54, 1.807) is 11.3 Å². The Morgan fingerprint density at radius 1 is 1.47 bits per heavy atom. The minimum Gasteiger partial charge on any atom is -0.307 e. The van der Waals surface area contributed by atoms with Gasteiger partial charge in [0.15, 0.2) is 0 Å². The lowest BCUT2D eigenvalue weighted by Gasteiger charge is -2.18. The topological polar surface area (TPSA) is 46.2 Å². The molecule has 15 heavy (non-hydrogen) atoms. The average molecular weight is 247 g/mol. The number of nitrogens with one attached hydrogen (secondary N) is 1. The largest absolute Gasteiger partial charge is 0.307 e. The fraction of sp³-hybridized carbons (Fsp3) is 0.600. The molecule has 2 atom stereocenters. The number of sulfone groups is 1. The van der Waals surface area contributed by atoms with Crippen LogP contribution in [0.25, 0.3) is 0 Å². The van der Waals surface area contributed by atoms with E-state index in [0.29, 0.717) is 0 Å². The van der Waals surface area contributed by atoms with E-state index in [4.69, 9.17) is 0 Å². The zero-order valence-corrected chi connectivity index (χ0v) is 10.9. The summed E-state index contributed by atoms with van der Waals surface area (Å²) in [5, 5.41) is 7.36. The van der Waals surface area contributed by atoms with E-state index in [9.17, 15) is 8.42 Å². The van der Waals surface area contributed by atoms with Crippen molar-refractivity contribution in [3.63, 3.8) is 0 Å². The highest BCUT2D eigenvalue weighted by atomic mass is 32.2. The molecular weight excluding hydrogens is 230 g/mol. The predicted octanol–water partition coefficient (Wildman–Crippen LogP) is 1.83. The van der Waals surface area contributed by atoms with Gasteiger partial charge in [-0.25, -0.2) is 8.42 Å². The summed E-state index contributed by atoms with van der Waals surface area (Å²) in [5.41, 5.74) is 1.21. The lowest BCUT2D eigenvalue weighted by molar-refractivity contribution is 0.501. The molecule has 0 aliphatic carbocycles. The average Bonchev–Trinajstić information content (AvgIpc) is 2.50. The van der Waals surface area contributed by atoms with E-state index in [2.05, 4.69) is 16.8 Å². The van der Waals surface area contributed by atoms with Crippen LogP contribution in [-0.2, 0) is 9.84 Å². The van der Waals surface area contributed by atoms with Crippen molar-refractivity contribution in [3.8, 4) is 0 Å². The van der Waals surface area contributed by atoms with Crippen LogP contribution in [-0.4, -0.2) is 26.5 Å². The monoisotopic (exact) mass is 247 g/mol. The molecule has 1 aromatic rings. The Bertz CT molecular complexity index is 384. The molecule has 0 saturated heterocycles. The molecule has 3 nitrogen and oxygen atoms in total. The van der Waals surface area contributed by atoms with Gasteiger partial charge in [-0.3, -0.25) is 0 Å². The minimum absolute atomic E-state index is 0.0186. The van der Waals surface area contributed by atoms with Crippen molar-refractivity contribution in [1.29, 1.82) is 0 Å². The molecule has 0 saturated carbocycles. The van der Waals surface area contributed by atoms with Crippen LogP contribution < -0.4 is 5.32 Å². The van der Waals surface area contributed by atoms with Gasteiger partial charge in [-0.05, 0) is 36.2 Å². The molecule has 86 valence electrons. The van der Waals surface area contributed by atoms with Crippen LogP contribution >= 0.6 is 11.3 Å². The summed E-state index contributed by atoms with van der Waals surface area (Å²) in [6, 6.07) is 2.23. The van der Waals surface area contributed by atoms with Crippen molar-refractivity contribution in [3.05, 3.63) is 22.4 Å². The van der Waals surface area contributed by atoms with Gasteiger partial charge < -0.3 is 5.32 Å². The highest BCUT2D eigenvalue weighted by Crippen LogP contribution is 2.16. The first-order valence-electron chi connectivity index (χ1n) is 4.84. The second kappa shape index (κ2) is 5.09. The Labute approximate surface area is 95.4 Å². The molecule has 0 spiro atoms. The second-order valence-electron chi connectivity index (χ2n) is 3.94. The molecule has 1 N–H and O–H groups in total. The Hall–Kier alpha value is -0.390. The maximum absolute atomic E-state index is 11.1. The summed E-state index contributed by atoms with van der Waals surface area (Å²) in [6.07, 6.45) is 1.26. The molecule has 0 aliphatic rings. The molecule has 5 heteroatoms. The maximum atomic E-state index is 11.1. The van der Waals surface area contributed by atoms with Gasteiger partial charge in [0.1, 0.15) is 9.84 Å². The zero-order valence-electron chi connectivity index (χ0n) is 9.23. The SMILES string of the molecule is CC(CS(C)(=O)=O)NC(C)c1ccsc1. The molecule has 1 heterocycles. The first kappa shape index (κ1) is 12.7. The Kier molecular flexibility index (Phi) is 4.31. The van der Waals surface area contributed by atoms with Crippen molar-refractivity contribution in [1.82, 2.24) is 5.32 Å². The van der Waals surface area contributed by atoms with E-state index >= 15 is 0 Å². The predicted molar refractivity (Wildman–Crippen MR) is 65.0 cm³/mol. The maximum Gasteiger partial charge on any atom is 0.148 e. The van der Waals surface area contributed by atoms with E-state index in [1.165, 1.54) is 11.8 Å². The van der Waals surface area contributed by atoms with E-state index < -0.39 is 9.84 Å². The third kappa shape index (κ3) is 4.77. The third-order valence-corrected chi connectivity index (χ3v) is 3.94. The van der Waals surface area contributed by atoms with Crippen LogP contribution in [0.5, 0.6) is 0 Å². The first-order valence-corrected chi connectivity index (χ1v) is 7.84. The molecule has 0 aliphatic heterocycles. The number of thiophene rings is 1. The molecule has 2 unspecified atom stereocenters. The summed E-state index contributed by atoms with van der Waals surface area (Å²) in [6.45, 7) is 3.94. The number of hydrogen-bond donors (Lipinski definition) is 1. The standard InChI is InChI=1S/C10H17NO2S2/c1-8(7-15(3,12)13)11-9(2)10-4-5-14-6-10/h4-6,8-9,11H,7H2,1-3H3. The lowest BCUT2D eigenvalue weighted by atomic mass is 10.1. The normalized spacial score (nSPS) is 16.2. The molecule has 1 aromatic heterocycles.